The van der Waals surface area contributed by atoms with Crippen molar-refractivity contribution in [2.75, 3.05) is 7.11 Å². The third kappa shape index (κ3) is 5.58. The van der Waals surface area contributed by atoms with Crippen LogP contribution in [-0.2, 0) is 26.9 Å². The zero-order chi connectivity index (χ0) is 17.6. The Morgan fingerprint density at radius 3 is 2.22 bits per heavy atom. The minimum Gasteiger partial charge on any atom is -0.467 e. The molecular formula is C16H20F3NO3. The van der Waals surface area contributed by atoms with Crippen molar-refractivity contribution >= 4 is 11.9 Å². The molecule has 0 aliphatic rings. The molecule has 1 aromatic rings. The molecule has 0 heterocycles. The molecule has 2 atom stereocenters. The topological polar surface area (TPSA) is 55.4 Å². The second kappa shape index (κ2) is 7.99. The van der Waals surface area contributed by atoms with E-state index in [0.29, 0.717) is 12.0 Å². The van der Waals surface area contributed by atoms with Crippen LogP contribution < -0.4 is 5.32 Å². The Balaban J connectivity index is 2.73. The predicted molar refractivity (Wildman–Crippen MR) is 78.5 cm³/mol. The Kier molecular flexibility index (Phi) is 6.60. The summed E-state index contributed by atoms with van der Waals surface area (Å²) in [7, 11) is 1.24. The van der Waals surface area contributed by atoms with Crippen molar-refractivity contribution in [2.24, 2.45) is 5.92 Å². The van der Waals surface area contributed by atoms with E-state index in [1.54, 1.807) is 6.92 Å². The van der Waals surface area contributed by atoms with E-state index in [-0.39, 0.29) is 12.3 Å². The molecule has 1 rings (SSSR count). The summed E-state index contributed by atoms with van der Waals surface area (Å²) in [5.41, 5.74) is -0.336. The maximum atomic E-state index is 12.5. The quantitative estimate of drug-likeness (QED) is 0.816. The van der Waals surface area contributed by atoms with Crippen LogP contribution in [0.3, 0.4) is 0 Å². The number of hydrogen-bond acceptors (Lipinski definition) is 3. The highest BCUT2D eigenvalue weighted by Gasteiger charge is 2.30. The monoisotopic (exact) mass is 331 g/mol. The van der Waals surface area contributed by atoms with Gasteiger partial charge in [-0.3, -0.25) is 4.79 Å². The summed E-state index contributed by atoms with van der Waals surface area (Å²) >= 11 is 0. The molecule has 0 aliphatic heterocycles. The molecule has 7 heteroatoms. The Morgan fingerprint density at radius 2 is 1.78 bits per heavy atom. The molecule has 0 unspecified atom stereocenters. The van der Waals surface area contributed by atoms with Crippen LogP contribution in [0.25, 0.3) is 0 Å². The van der Waals surface area contributed by atoms with Crippen molar-refractivity contribution in [1.82, 2.24) is 5.32 Å². The Hall–Kier alpha value is -2.05. The number of hydrogen-bond donors (Lipinski definition) is 1. The van der Waals surface area contributed by atoms with E-state index in [0.717, 1.165) is 12.1 Å². The van der Waals surface area contributed by atoms with E-state index in [9.17, 15) is 22.8 Å². The first-order valence-electron chi connectivity index (χ1n) is 7.22. The van der Waals surface area contributed by atoms with Crippen LogP contribution in [0.4, 0.5) is 13.2 Å². The standard InChI is InChI=1S/C16H20F3NO3/c1-4-10(2)14(15(22)23-3)20-13(21)9-11-5-7-12(8-6-11)16(17,18)19/h5-8,10,14H,4,9H2,1-3H3,(H,20,21)/t10-,14+/m0/s1. The van der Waals surface area contributed by atoms with E-state index in [1.807, 2.05) is 6.92 Å². The average molecular weight is 331 g/mol. The van der Waals surface area contributed by atoms with E-state index in [1.165, 1.54) is 19.2 Å². The first-order valence-corrected chi connectivity index (χ1v) is 7.22. The summed E-state index contributed by atoms with van der Waals surface area (Å²) in [6, 6.07) is 3.58. The number of benzene rings is 1. The summed E-state index contributed by atoms with van der Waals surface area (Å²) in [6.45, 7) is 3.68. The van der Waals surface area contributed by atoms with Crippen LogP contribution >= 0.6 is 0 Å². The lowest BCUT2D eigenvalue weighted by molar-refractivity contribution is -0.146. The predicted octanol–water partition coefficient (Wildman–Crippen LogP) is 2.95. The van der Waals surface area contributed by atoms with E-state index < -0.39 is 29.7 Å². The molecular weight excluding hydrogens is 311 g/mol. The van der Waals surface area contributed by atoms with Gasteiger partial charge in [0.25, 0.3) is 0 Å². The van der Waals surface area contributed by atoms with E-state index >= 15 is 0 Å². The number of alkyl halides is 3. The number of ether oxygens (including phenoxy) is 1. The van der Waals surface area contributed by atoms with Gasteiger partial charge in [-0.25, -0.2) is 4.79 Å². The van der Waals surface area contributed by atoms with Crippen LogP contribution in [0.2, 0.25) is 0 Å². The van der Waals surface area contributed by atoms with Crippen molar-refractivity contribution < 1.29 is 27.5 Å². The summed E-state index contributed by atoms with van der Waals surface area (Å²) in [5.74, 6) is -1.10. The maximum absolute atomic E-state index is 12.5. The van der Waals surface area contributed by atoms with Gasteiger partial charge in [0.15, 0.2) is 0 Å². The van der Waals surface area contributed by atoms with Gasteiger partial charge in [-0.1, -0.05) is 32.4 Å². The van der Waals surface area contributed by atoms with Crippen molar-refractivity contribution in [3.8, 4) is 0 Å². The number of carbonyl (C=O) groups is 2. The van der Waals surface area contributed by atoms with E-state index in [4.69, 9.17) is 0 Å². The minimum absolute atomic E-state index is 0.109. The van der Waals surface area contributed by atoms with Crippen molar-refractivity contribution in [1.29, 1.82) is 0 Å². The zero-order valence-electron chi connectivity index (χ0n) is 13.2. The fourth-order valence-corrected chi connectivity index (χ4v) is 2.02. The summed E-state index contributed by atoms with van der Waals surface area (Å²) in [4.78, 5) is 23.7. The molecule has 128 valence electrons. The van der Waals surface area contributed by atoms with Crippen molar-refractivity contribution in [2.45, 2.75) is 38.9 Å². The molecule has 0 aromatic heterocycles. The number of rotatable bonds is 6. The maximum Gasteiger partial charge on any atom is 0.416 e. The molecule has 1 N–H and O–H groups in total. The van der Waals surface area contributed by atoms with Gasteiger partial charge < -0.3 is 10.1 Å². The van der Waals surface area contributed by atoms with Crippen LogP contribution in [-0.4, -0.2) is 25.0 Å². The molecule has 23 heavy (non-hydrogen) atoms. The average Bonchev–Trinajstić information content (AvgIpc) is 2.50. The second-order valence-electron chi connectivity index (χ2n) is 5.33. The van der Waals surface area contributed by atoms with Gasteiger partial charge in [0.1, 0.15) is 6.04 Å². The Bertz CT molecular complexity index is 540. The third-order valence-corrected chi connectivity index (χ3v) is 3.63. The van der Waals surface area contributed by atoms with Gasteiger partial charge in [0.2, 0.25) is 5.91 Å². The second-order valence-corrected chi connectivity index (χ2v) is 5.33. The number of methoxy groups -OCH3 is 1. The highest BCUT2D eigenvalue weighted by atomic mass is 19.4. The number of amides is 1. The molecule has 1 aromatic carbocycles. The van der Waals surface area contributed by atoms with Gasteiger partial charge in [-0.15, -0.1) is 0 Å². The molecule has 0 spiro atoms. The molecule has 0 fully saturated rings. The molecule has 0 radical (unpaired) electrons. The van der Waals surface area contributed by atoms with Gasteiger partial charge in [0.05, 0.1) is 19.1 Å². The smallest absolute Gasteiger partial charge is 0.416 e. The number of esters is 1. The lowest BCUT2D eigenvalue weighted by atomic mass is 9.98. The first kappa shape index (κ1) is 19.0. The number of nitrogens with one attached hydrogen (secondary N) is 1. The zero-order valence-corrected chi connectivity index (χ0v) is 13.2. The molecule has 0 aliphatic carbocycles. The number of carbonyl (C=O) groups excluding carboxylic acids is 2. The van der Waals surface area contributed by atoms with E-state index in [2.05, 4.69) is 10.1 Å². The molecule has 0 saturated heterocycles. The molecule has 1 amide bonds. The third-order valence-electron chi connectivity index (χ3n) is 3.63. The van der Waals surface area contributed by atoms with Crippen LogP contribution in [0.1, 0.15) is 31.4 Å². The molecule has 0 bridgehead atoms. The lowest BCUT2D eigenvalue weighted by Gasteiger charge is -2.21. The minimum atomic E-state index is -4.41. The van der Waals surface area contributed by atoms with Crippen LogP contribution in [0, 0.1) is 5.92 Å². The summed E-state index contributed by atoms with van der Waals surface area (Å²) in [6.07, 6.45) is -3.85. The summed E-state index contributed by atoms with van der Waals surface area (Å²) in [5, 5.41) is 2.58. The van der Waals surface area contributed by atoms with Crippen molar-refractivity contribution in [3.63, 3.8) is 0 Å². The highest BCUT2D eigenvalue weighted by Crippen LogP contribution is 2.29. The summed E-state index contributed by atoms with van der Waals surface area (Å²) < 4.78 is 42.1. The van der Waals surface area contributed by atoms with Crippen molar-refractivity contribution in [3.05, 3.63) is 35.4 Å². The lowest BCUT2D eigenvalue weighted by Crippen LogP contribution is -2.46. The molecule has 0 saturated carbocycles. The Labute approximate surface area is 133 Å². The van der Waals surface area contributed by atoms with Crippen LogP contribution in [0.15, 0.2) is 24.3 Å². The first-order chi connectivity index (χ1) is 10.7. The van der Waals surface area contributed by atoms with Gasteiger partial charge in [-0.2, -0.15) is 13.2 Å². The Morgan fingerprint density at radius 1 is 1.22 bits per heavy atom. The SMILES string of the molecule is CC[C@H](C)[C@@H](NC(=O)Cc1ccc(C(F)(F)F)cc1)C(=O)OC. The van der Waals surface area contributed by atoms with Crippen LogP contribution in [0.5, 0.6) is 0 Å². The highest BCUT2D eigenvalue weighted by molar-refractivity contribution is 5.85. The fourth-order valence-electron chi connectivity index (χ4n) is 2.02. The van der Waals surface area contributed by atoms with Gasteiger partial charge in [0, 0.05) is 0 Å². The fraction of sp³-hybridized carbons (Fsp3) is 0.500. The normalized spacial score (nSPS) is 14.0. The number of halogens is 3. The van der Waals surface area contributed by atoms with Gasteiger partial charge in [-0.05, 0) is 23.6 Å². The molecule has 4 nitrogen and oxygen atoms in total. The largest absolute Gasteiger partial charge is 0.467 e. The van der Waals surface area contributed by atoms with Gasteiger partial charge >= 0.3 is 12.1 Å².